The molecular formula is C18H32Cl2MnN5-. The van der Waals surface area contributed by atoms with Crippen LogP contribution in [0.25, 0.3) is 5.73 Å². The van der Waals surface area contributed by atoms with Gasteiger partial charge in [-0.15, -0.1) is 6.54 Å². The Morgan fingerprint density at radius 2 is 1.69 bits per heavy atom. The topological polar surface area (TPSA) is 72.8 Å². The van der Waals surface area contributed by atoms with Gasteiger partial charge >= 0.3 is 33.3 Å². The molecule has 1 saturated carbocycles. The van der Waals surface area contributed by atoms with Gasteiger partial charge in [-0.3, -0.25) is 4.98 Å². The van der Waals surface area contributed by atoms with Crippen LogP contribution in [-0.4, -0.2) is 37.2 Å². The summed E-state index contributed by atoms with van der Waals surface area (Å²) in [5, 5.41) is 10.4. The molecule has 8 heteroatoms. The molecule has 0 unspecified atom stereocenters. The molecule has 1 heterocycles. The van der Waals surface area contributed by atoms with Crippen LogP contribution in [0.4, 0.5) is 0 Å². The predicted molar refractivity (Wildman–Crippen MR) is 108 cm³/mol. The average molecular weight is 444 g/mol. The number of nitrogens with zero attached hydrogens (tertiary/aromatic N) is 1. The number of hydrogen-bond donors (Lipinski definition) is 3. The third-order valence-electron chi connectivity index (χ3n) is 4.60. The number of nitrogens with one attached hydrogen (secondary N) is 4. The summed E-state index contributed by atoms with van der Waals surface area (Å²) < 4.78 is 0. The second-order valence-corrected chi connectivity index (χ2v) is 8.55. The van der Waals surface area contributed by atoms with Crippen molar-refractivity contribution in [2.45, 2.75) is 51.7 Å². The first-order valence-corrected chi connectivity index (χ1v) is 12.6. The molecule has 2 atom stereocenters. The summed E-state index contributed by atoms with van der Waals surface area (Å²) in [7, 11) is 9.59. The summed E-state index contributed by atoms with van der Waals surface area (Å²) in [6, 6.07) is 6.86. The van der Waals surface area contributed by atoms with Gasteiger partial charge in [0.25, 0.3) is 0 Å². The van der Waals surface area contributed by atoms with Crippen LogP contribution in [0.1, 0.15) is 44.0 Å². The first-order chi connectivity index (χ1) is 12.7. The minimum absolute atomic E-state index is 0.00694. The Morgan fingerprint density at radius 1 is 1.08 bits per heavy atom. The molecule has 0 aliphatic heterocycles. The minimum atomic E-state index is 0.00694. The van der Waals surface area contributed by atoms with Gasteiger partial charge < -0.3 is 21.7 Å². The van der Waals surface area contributed by atoms with E-state index in [9.17, 15) is 0 Å². The van der Waals surface area contributed by atoms with Crippen LogP contribution in [0.5, 0.6) is 0 Å². The average Bonchev–Trinajstić information content (AvgIpc) is 2.64. The molecule has 4 N–H and O–H groups in total. The van der Waals surface area contributed by atoms with Gasteiger partial charge in [-0.1, -0.05) is 25.8 Å². The predicted octanol–water partition coefficient (Wildman–Crippen LogP) is 3.86. The van der Waals surface area contributed by atoms with Crippen LogP contribution in [0.2, 0.25) is 0 Å². The molecule has 1 aromatic heterocycles. The fourth-order valence-electron chi connectivity index (χ4n) is 3.21. The molecule has 0 radical (unpaired) electrons. The molecule has 0 spiro atoms. The van der Waals surface area contributed by atoms with Crippen LogP contribution in [0.3, 0.4) is 0 Å². The molecule has 151 valence electrons. The Kier molecular flexibility index (Phi) is 14.9. The van der Waals surface area contributed by atoms with E-state index >= 15 is 0 Å². The third-order valence-corrected chi connectivity index (χ3v) is 4.60. The molecule has 26 heavy (non-hydrogen) atoms. The maximum atomic E-state index is 7.13. The molecule has 0 bridgehead atoms. The molecule has 0 aromatic carbocycles. The van der Waals surface area contributed by atoms with Crippen molar-refractivity contribution >= 4 is 20.2 Å². The van der Waals surface area contributed by atoms with Crippen molar-refractivity contribution in [3.05, 3.63) is 35.3 Å². The normalized spacial score (nSPS) is 19.7. The standard InChI is InChI=1S/C18H32N5.2ClH.Mn/c1-15-5-2-3-8-18(15)22-12-11-21-14-17-7-4-6-16(23-17)13-20-10-9-19;;;/h4,6-7,15,18-22H,2-3,5,8-14H2,1H3;2*1H;/q-1;;;+2/p-2/t15-,18-;;;/m1.../s1. The molecule has 2 rings (SSSR count). The van der Waals surface area contributed by atoms with E-state index in [1.807, 2.05) is 6.07 Å². The monoisotopic (exact) mass is 443 g/mol. The molecule has 1 fully saturated rings. The molecule has 0 amide bonds. The molecule has 5 nitrogen and oxygen atoms in total. The van der Waals surface area contributed by atoms with Crippen molar-refractivity contribution in [3.63, 3.8) is 0 Å². The third kappa shape index (κ3) is 11.1. The van der Waals surface area contributed by atoms with E-state index in [0.717, 1.165) is 50.0 Å². The van der Waals surface area contributed by atoms with Crippen LogP contribution >= 0.6 is 20.2 Å². The van der Waals surface area contributed by atoms with Crippen LogP contribution < -0.4 is 16.0 Å². The van der Waals surface area contributed by atoms with Crippen molar-refractivity contribution in [1.29, 1.82) is 0 Å². The number of halogens is 2. The quantitative estimate of drug-likeness (QED) is 0.379. The molecule has 1 aromatic rings. The number of aromatic nitrogens is 1. The van der Waals surface area contributed by atoms with Crippen LogP contribution in [0, 0.1) is 5.92 Å². The van der Waals surface area contributed by atoms with Crippen LogP contribution in [-0.2, 0) is 26.2 Å². The van der Waals surface area contributed by atoms with Gasteiger partial charge in [-0.05, 0) is 37.4 Å². The number of pyridine rings is 1. The van der Waals surface area contributed by atoms with Gasteiger partial charge in [0, 0.05) is 32.2 Å². The van der Waals surface area contributed by atoms with E-state index in [0.29, 0.717) is 12.6 Å². The summed E-state index contributed by atoms with van der Waals surface area (Å²) in [6.07, 6.45) is 5.48. The van der Waals surface area contributed by atoms with Gasteiger partial charge in [0.15, 0.2) is 0 Å². The van der Waals surface area contributed by atoms with E-state index in [2.05, 4.69) is 40.0 Å². The first-order valence-electron chi connectivity index (χ1n) is 9.32. The van der Waals surface area contributed by atoms with Gasteiger partial charge in [0.05, 0.1) is 11.4 Å². The zero-order valence-corrected chi connectivity index (χ0v) is 18.2. The Balaban J connectivity index is 0.00000105. The summed E-state index contributed by atoms with van der Waals surface area (Å²) >= 11 is 0.00694. The van der Waals surface area contributed by atoms with Gasteiger partial charge in [-0.2, -0.15) is 0 Å². The van der Waals surface area contributed by atoms with E-state index in [-0.39, 0.29) is 13.1 Å². The summed E-state index contributed by atoms with van der Waals surface area (Å²) in [5.41, 5.74) is 9.26. The van der Waals surface area contributed by atoms with Crippen molar-refractivity contribution in [1.82, 2.24) is 20.9 Å². The summed E-state index contributed by atoms with van der Waals surface area (Å²) in [4.78, 5) is 4.64. The second kappa shape index (κ2) is 16.1. The maximum absolute atomic E-state index is 7.13. The Morgan fingerprint density at radius 3 is 2.31 bits per heavy atom. The Labute approximate surface area is 173 Å². The first kappa shape index (κ1) is 24.1. The van der Waals surface area contributed by atoms with Crippen LogP contribution in [0.15, 0.2) is 18.2 Å². The second-order valence-electron chi connectivity index (χ2n) is 6.60. The van der Waals surface area contributed by atoms with Crippen molar-refractivity contribution in [2.75, 3.05) is 26.2 Å². The molecule has 1 aliphatic carbocycles. The van der Waals surface area contributed by atoms with Crippen molar-refractivity contribution < 1.29 is 13.1 Å². The van der Waals surface area contributed by atoms with E-state index in [1.54, 1.807) is 0 Å². The molecule has 1 aliphatic rings. The Hall–Kier alpha value is 0.0895. The van der Waals surface area contributed by atoms with Gasteiger partial charge in [0.2, 0.25) is 0 Å². The number of rotatable bonds is 10. The number of hydrogen-bond acceptors (Lipinski definition) is 4. The van der Waals surface area contributed by atoms with Gasteiger partial charge in [0.1, 0.15) is 0 Å². The van der Waals surface area contributed by atoms with E-state index in [1.165, 1.54) is 25.7 Å². The molecular weight excluding hydrogens is 412 g/mol. The van der Waals surface area contributed by atoms with Crippen molar-refractivity contribution in [3.8, 4) is 0 Å². The van der Waals surface area contributed by atoms with E-state index < -0.39 is 0 Å². The Bertz CT molecular complexity index is 467. The molecule has 0 saturated heterocycles. The van der Waals surface area contributed by atoms with E-state index in [4.69, 9.17) is 25.9 Å². The zero-order chi connectivity index (χ0) is 19.0. The summed E-state index contributed by atoms with van der Waals surface area (Å²) in [6.45, 7) is 7.06. The van der Waals surface area contributed by atoms with Crippen molar-refractivity contribution in [2.24, 2.45) is 5.92 Å². The summed E-state index contributed by atoms with van der Waals surface area (Å²) in [5.74, 6) is 0.818. The fourth-order valence-corrected chi connectivity index (χ4v) is 3.21. The van der Waals surface area contributed by atoms with Gasteiger partial charge in [-0.25, -0.2) is 0 Å². The fraction of sp³-hybridized carbons (Fsp3) is 0.722. The SMILES string of the molecule is C[C@@H]1CCCC[C@H]1NCCNCc1cccc(CNCC[NH-])n1.[Cl][Mn][Cl]. The zero-order valence-electron chi connectivity index (χ0n) is 15.5.